The van der Waals surface area contributed by atoms with Gasteiger partial charge >= 0.3 is 0 Å². The van der Waals surface area contributed by atoms with E-state index in [0.717, 1.165) is 0 Å². The summed E-state index contributed by atoms with van der Waals surface area (Å²) < 4.78 is 0. The second-order valence-electron chi connectivity index (χ2n) is 6.35. The van der Waals surface area contributed by atoms with E-state index in [1.54, 1.807) is 6.20 Å². The molecule has 1 N–H and O–H groups in total. The lowest BCUT2D eigenvalue weighted by Gasteiger charge is -2.21. The normalized spacial score (nSPS) is 11.4. The van der Waals surface area contributed by atoms with Crippen molar-refractivity contribution in [3.63, 3.8) is 0 Å². The van der Waals surface area contributed by atoms with Crippen LogP contribution in [0, 0.1) is 0 Å². The fraction of sp³-hybridized carbons (Fsp3) is 0.286. The van der Waals surface area contributed by atoms with E-state index in [4.69, 9.17) is 0 Å². The van der Waals surface area contributed by atoms with Crippen LogP contribution >= 0.6 is 0 Å². The minimum Gasteiger partial charge on any atom is -0.360 e. The van der Waals surface area contributed by atoms with Gasteiger partial charge in [0.15, 0.2) is 0 Å². The molecule has 23 heavy (non-hydrogen) atoms. The van der Waals surface area contributed by atoms with Gasteiger partial charge in [-0.2, -0.15) is 0 Å². The molecule has 0 heterocycles. The lowest BCUT2D eigenvalue weighted by Crippen LogP contribution is -2.04. The van der Waals surface area contributed by atoms with Gasteiger partial charge in [0, 0.05) is 18.1 Å². The molecular weight excluding hydrogens is 280 g/mol. The average molecular weight is 306 g/mol. The molecule has 120 valence electrons. The molecule has 0 fully saturated rings. The van der Waals surface area contributed by atoms with Crippen LogP contribution in [0.3, 0.4) is 0 Å². The molecule has 0 spiro atoms. The monoisotopic (exact) mass is 306 g/mol. The predicted molar refractivity (Wildman–Crippen MR) is 102 cm³/mol. The highest BCUT2D eigenvalue weighted by molar-refractivity contribution is 5.73. The Morgan fingerprint density at radius 3 is 1.96 bits per heavy atom. The molecule has 0 aliphatic rings. The summed E-state index contributed by atoms with van der Waals surface area (Å²) in [5, 5.41) is 3.41. The van der Waals surface area contributed by atoms with Crippen LogP contribution in [0.25, 0.3) is 11.1 Å². The summed E-state index contributed by atoms with van der Waals surface area (Å²) >= 11 is 0. The van der Waals surface area contributed by atoms with Crippen molar-refractivity contribution in [1.29, 1.82) is 0 Å². The molecule has 0 bridgehead atoms. The molecule has 0 aliphatic heterocycles. The van der Waals surface area contributed by atoms with Crippen LogP contribution in [0.4, 0.5) is 5.69 Å². The Hall–Kier alpha value is -2.35. The van der Waals surface area contributed by atoms with E-state index in [1.807, 2.05) is 6.20 Å². The molecule has 0 unspecified atom stereocenters. The average Bonchev–Trinajstić information content (AvgIpc) is 2.55. The van der Waals surface area contributed by atoms with Crippen LogP contribution in [0.15, 0.2) is 59.9 Å². The van der Waals surface area contributed by atoms with Gasteiger partial charge in [0.25, 0.3) is 0 Å². The number of nitrogens with zero attached hydrogens (tertiary/aromatic N) is 1. The van der Waals surface area contributed by atoms with E-state index in [0.29, 0.717) is 11.8 Å². The number of rotatable bonds is 6. The van der Waals surface area contributed by atoms with Crippen molar-refractivity contribution in [3.05, 3.63) is 66.0 Å². The minimum absolute atomic E-state index is 0.434. The molecule has 2 aromatic carbocycles. The molecular formula is C21H26N2. The third kappa shape index (κ3) is 4.10. The summed E-state index contributed by atoms with van der Waals surface area (Å²) in [4.78, 5) is 3.77. The first-order chi connectivity index (χ1) is 11.0. The number of anilines is 1. The van der Waals surface area contributed by atoms with Crippen molar-refractivity contribution in [1.82, 2.24) is 0 Å². The van der Waals surface area contributed by atoms with Gasteiger partial charge in [0.2, 0.25) is 0 Å². The summed E-state index contributed by atoms with van der Waals surface area (Å²) in [5.74, 6) is 0.868. The molecule has 0 aromatic heterocycles. The maximum atomic E-state index is 3.77. The Morgan fingerprint density at radius 1 is 0.913 bits per heavy atom. The van der Waals surface area contributed by atoms with Crippen molar-refractivity contribution in [3.8, 4) is 11.1 Å². The second-order valence-corrected chi connectivity index (χ2v) is 6.35. The minimum atomic E-state index is 0.434. The van der Waals surface area contributed by atoms with E-state index in [1.165, 1.54) is 27.9 Å². The Kier molecular flexibility index (Phi) is 5.75. The number of hydrogen-bond acceptors (Lipinski definition) is 2. The molecule has 0 radical (unpaired) electrons. The fourth-order valence-corrected chi connectivity index (χ4v) is 2.74. The fourth-order valence-electron chi connectivity index (χ4n) is 2.74. The number of aliphatic imine (C=N–C) groups is 1. The first-order valence-electron chi connectivity index (χ1n) is 8.15. The molecule has 2 aromatic rings. The van der Waals surface area contributed by atoms with Gasteiger partial charge in [0.1, 0.15) is 0 Å². The van der Waals surface area contributed by atoms with E-state index in [-0.39, 0.29) is 0 Å². The third-order valence-electron chi connectivity index (χ3n) is 3.96. The van der Waals surface area contributed by atoms with E-state index in [2.05, 4.69) is 87.2 Å². The molecule has 2 nitrogen and oxygen atoms in total. The Labute approximate surface area is 140 Å². The van der Waals surface area contributed by atoms with Crippen LogP contribution in [0.5, 0.6) is 0 Å². The van der Waals surface area contributed by atoms with Gasteiger partial charge in [-0.05, 0) is 52.9 Å². The molecule has 0 saturated carbocycles. The number of nitrogens with one attached hydrogen (secondary N) is 1. The summed E-state index contributed by atoms with van der Waals surface area (Å²) in [7, 11) is 0. The smallest absolute Gasteiger partial charge is 0.0451 e. The predicted octanol–water partition coefficient (Wildman–Crippen LogP) is 6.18. The van der Waals surface area contributed by atoms with E-state index in [9.17, 15) is 0 Å². The first kappa shape index (κ1) is 17.0. The number of hydrogen-bond donors (Lipinski definition) is 1. The van der Waals surface area contributed by atoms with Crippen molar-refractivity contribution >= 4 is 12.4 Å². The third-order valence-corrected chi connectivity index (χ3v) is 3.96. The lowest BCUT2D eigenvalue weighted by molar-refractivity contribution is 0.839. The zero-order valence-electron chi connectivity index (χ0n) is 14.5. The maximum absolute atomic E-state index is 3.77. The molecule has 2 heteroatoms. The van der Waals surface area contributed by atoms with Crippen LogP contribution in [0.2, 0.25) is 0 Å². The van der Waals surface area contributed by atoms with E-state index < -0.39 is 0 Å². The highest BCUT2D eigenvalue weighted by Crippen LogP contribution is 2.37. The molecule has 0 atom stereocenters. The Morgan fingerprint density at radius 2 is 1.48 bits per heavy atom. The zero-order chi connectivity index (χ0) is 16.8. The molecule has 0 aliphatic carbocycles. The van der Waals surface area contributed by atoms with Crippen molar-refractivity contribution < 1.29 is 0 Å². The van der Waals surface area contributed by atoms with Gasteiger partial charge in [-0.25, -0.2) is 0 Å². The Bertz CT molecular complexity index is 653. The second kappa shape index (κ2) is 7.77. The number of benzene rings is 2. The van der Waals surface area contributed by atoms with Gasteiger partial charge < -0.3 is 5.32 Å². The van der Waals surface area contributed by atoms with Gasteiger partial charge in [-0.15, -0.1) is 0 Å². The van der Waals surface area contributed by atoms with Crippen LogP contribution in [-0.4, -0.2) is 6.72 Å². The van der Waals surface area contributed by atoms with Crippen molar-refractivity contribution in [2.24, 2.45) is 4.99 Å². The van der Waals surface area contributed by atoms with Crippen molar-refractivity contribution in [2.45, 2.75) is 39.5 Å². The highest BCUT2D eigenvalue weighted by atomic mass is 14.9. The summed E-state index contributed by atoms with van der Waals surface area (Å²) in [6.07, 6.45) is 3.53. The van der Waals surface area contributed by atoms with Gasteiger partial charge in [-0.3, -0.25) is 4.99 Å². The van der Waals surface area contributed by atoms with Gasteiger partial charge in [0.05, 0.1) is 0 Å². The van der Waals surface area contributed by atoms with E-state index >= 15 is 0 Å². The zero-order valence-corrected chi connectivity index (χ0v) is 14.5. The summed E-state index contributed by atoms with van der Waals surface area (Å²) in [6, 6.07) is 15.1. The van der Waals surface area contributed by atoms with Crippen LogP contribution in [0.1, 0.15) is 50.7 Å². The summed E-state index contributed by atoms with van der Waals surface area (Å²) in [5.41, 5.74) is 6.36. The SMILES string of the molecule is C=N/C=C\Nc1c(C(C)C)cc(-c2ccccc2)cc1C(C)C. The van der Waals surface area contributed by atoms with Gasteiger partial charge in [-0.1, -0.05) is 58.0 Å². The van der Waals surface area contributed by atoms with Crippen LogP contribution < -0.4 is 5.32 Å². The highest BCUT2D eigenvalue weighted by Gasteiger charge is 2.15. The largest absolute Gasteiger partial charge is 0.360 e. The lowest BCUT2D eigenvalue weighted by atomic mass is 9.88. The molecule has 0 saturated heterocycles. The first-order valence-corrected chi connectivity index (χ1v) is 8.15. The maximum Gasteiger partial charge on any atom is 0.0451 e. The topological polar surface area (TPSA) is 24.4 Å². The molecule has 0 amide bonds. The quantitative estimate of drug-likeness (QED) is 0.633. The summed E-state index contributed by atoms with van der Waals surface area (Å²) in [6.45, 7) is 12.4. The van der Waals surface area contributed by atoms with Crippen LogP contribution in [-0.2, 0) is 0 Å². The standard InChI is InChI=1S/C21H26N2/c1-15(2)19-13-18(17-9-7-6-8-10-17)14-20(16(3)4)21(19)23-12-11-22-5/h6-16,23H,5H2,1-4H3/b12-11-. The Balaban J connectivity index is 2.61. The van der Waals surface area contributed by atoms with Crippen molar-refractivity contribution in [2.75, 3.05) is 5.32 Å². The molecule has 2 rings (SSSR count).